The number of benzene rings is 2. The Balaban J connectivity index is 1.89. The van der Waals surface area contributed by atoms with Crippen LogP contribution in [0.15, 0.2) is 48.5 Å². The van der Waals surface area contributed by atoms with Gasteiger partial charge in [0.1, 0.15) is 11.3 Å². The van der Waals surface area contributed by atoms with E-state index in [9.17, 15) is 19.7 Å². The fraction of sp³-hybridized carbons (Fsp3) is 0.0667. The van der Waals surface area contributed by atoms with Crippen LogP contribution in [-0.2, 0) is 4.79 Å². The monoisotopic (exact) mass is 349 g/mol. The number of nitrogens with zero attached hydrogens (tertiary/aromatic N) is 1. The summed E-state index contributed by atoms with van der Waals surface area (Å²) in [4.78, 5) is 33.7. The van der Waals surface area contributed by atoms with Crippen LogP contribution < -0.4 is 15.6 Å². The highest BCUT2D eigenvalue weighted by Crippen LogP contribution is 2.22. The molecule has 2 amide bonds. The third-order valence-electron chi connectivity index (χ3n) is 2.86. The van der Waals surface area contributed by atoms with E-state index in [-0.39, 0.29) is 17.9 Å². The van der Waals surface area contributed by atoms with Crippen LogP contribution in [0, 0.1) is 10.1 Å². The molecular formula is C15H12ClN3O5. The van der Waals surface area contributed by atoms with Crippen molar-refractivity contribution in [2.45, 2.75) is 0 Å². The summed E-state index contributed by atoms with van der Waals surface area (Å²) in [7, 11) is 0. The minimum Gasteiger partial charge on any atom is -0.482 e. The predicted molar refractivity (Wildman–Crippen MR) is 85.7 cm³/mol. The first-order valence-corrected chi connectivity index (χ1v) is 7.07. The van der Waals surface area contributed by atoms with Crippen LogP contribution >= 0.6 is 11.6 Å². The first-order chi connectivity index (χ1) is 11.5. The molecule has 0 aliphatic rings. The van der Waals surface area contributed by atoms with Crippen LogP contribution in [0.4, 0.5) is 5.69 Å². The molecular weight excluding hydrogens is 338 g/mol. The lowest BCUT2D eigenvalue weighted by molar-refractivity contribution is -0.385. The first kappa shape index (κ1) is 17.2. The van der Waals surface area contributed by atoms with Gasteiger partial charge in [0, 0.05) is 6.07 Å². The van der Waals surface area contributed by atoms with Crippen LogP contribution in [0.2, 0.25) is 5.02 Å². The number of ether oxygens (including phenoxy) is 1. The van der Waals surface area contributed by atoms with Gasteiger partial charge in [-0.05, 0) is 18.2 Å². The van der Waals surface area contributed by atoms with Gasteiger partial charge in [-0.2, -0.15) is 0 Å². The highest BCUT2D eigenvalue weighted by Gasteiger charge is 2.19. The van der Waals surface area contributed by atoms with E-state index in [0.717, 1.165) is 0 Å². The lowest BCUT2D eigenvalue weighted by Crippen LogP contribution is -2.44. The molecule has 2 aromatic carbocycles. The normalized spacial score (nSPS) is 9.88. The summed E-state index contributed by atoms with van der Waals surface area (Å²) in [5, 5.41) is 11.2. The van der Waals surface area contributed by atoms with E-state index >= 15 is 0 Å². The number of para-hydroxylation sites is 2. The molecule has 0 heterocycles. The molecule has 0 spiro atoms. The Kier molecular flexibility index (Phi) is 5.69. The lowest BCUT2D eigenvalue weighted by Gasteiger charge is -2.09. The van der Waals surface area contributed by atoms with Crippen molar-refractivity contribution in [3.8, 4) is 5.75 Å². The summed E-state index contributed by atoms with van der Waals surface area (Å²) in [5.41, 5.74) is 3.66. The molecule has 0 aromatic heterocycles. The van der Waals surface area contributed by atoms with Crippen molar-refractivity contribution in [2.75, 3.05) is 6.61 Å². The first-order valence-electron chi connectivity index (χ1n) is 6.69. The smallest absolute Gasteiger partial charge is 0.282 e. The highest BCUT2D eigenvalue weighted by atomic mass is 35.5. The molecule has 2 aromatic rings. The number of rotatable bonds is 5. The van der Waals surface area contributed by atoms with E-state index in [1.165, 1.54) is 24.3 Å². The van der Waals surface area contributed by atoms with Crippen molar-refractivity contribution < 1.29 is 19.2 Å². The summed E-state index contributed by atoms with van der Waals surface area (Å²) in [5.74, 6) is -1.14. The van der Waals surface area contributed by atoms with Crippen molar-refractivity contribution in [1.29, 1.82) is 0 Å². The van der Waals surface area contributed by atoms with Crippen molar-refractivity contribution in [3.63, 3.8) is 0 Å². The van der Waals surface area contributed by atoms with E-state index < -0.39 is 16.7 Å². The third kappa shape index (κ3) is 4.43. The van der Waals surface area contributed by atoms with Crippen LogP contribution in [0.5, 0.6) is 5.75 Å². The van der Waals surface area contributed by atoms with Gasteiger partial charge >= 0.3 is 0 Å². The number of hydrogen-bond acceptors (Lipinski definition) is 5. The number of hydrazine groups is 1. The Labute approximate surface area is 141 Å². The minimum absolute atomic E-state index is 0.171. The van der Waals surface area contributed by atoms with Gasteiger partial charge < -0.3 is 4.74 Å². The summed E-state index contributed by atoms with van der Waals surface area (Å²) < 4.78 is 5.20. The molecule has 0 radical (unpaired) electrons. The van der Waals surface area contributed by atoms with Gasteiger partial charge in [-0.15, -0.1) is 0 Å². The number of nitro groups is 1. The zero-order valence-corrected chi connectivity index (χ0v) is 12.9. The van der Waals surface area contributed by atoms with Gasteiger partial charge in [-0.3, -0.25) is 30.6 Å². The number of amides is 2. The third-order valence-corrected chi connectivity index (χ3v) is 3.17. The number of carbonyl (C=O) groups is 2. The van der Waals surface area contributed by atoms with Crippen LogP contribution in [0.3, 0.4) is 0 Å². The Morgan fingerprint density at radius 2 is 1.75 bits per heavy atom. The van der Waals surface area contributed by atoms with Gasteiger partial charge in [0.05, 0.1) is 9.95 Å². The minimum atomic E-state index is -0.812. The van der Waals surface area contributed by atoms with E-state index in [4.69, 9.17) is 16.3 Å². The van der Waals surface area contributed by atoms with Gasteiger partial charge in [0.25, 0.3) is 17.5 Å². The molecule has 9 heteroatoms. The van der Waals surface area contributed by atoms with Gasteiger partial charge in [0.15, 0.2) is 6.61 Å². The molecule has 0 bridgehead atoms. The second-order valence-electron chi connectivity index (χ2n) is 4.50. The molecule has 124 valence electrons. The molecule has 0 atom stereocenters. The van der Waals surface area contributed by atoms with Gasteiger partial charge in [0.2, 0.25) is 0 Å². The Morgan fingerprint density at radius 3 is 2.46 bits per heavy atom. The van der Waals surface area contributed by atoms with Crippen LogP contribution in [0.1, 0.15) is 10.4 Å². The van der Waals surface area contributed by atoms with E-state index in [2.05, 4.69) is 10.9 Å². The standard InChI is InChI=1S/C15H12ClN3O5/c16-11-6-2-4-8-13(11)24-9-14(20)17-18-15(21)10-5-1-3-7-12(10)19(22)23/h1-8H,9H2,(H,17,20)(H,18,21). The molecule has 2 N–H and O–H groups in total. The second kappa shape index (κ2) is 7.93. The molecule has 0 unspecified atom stereocenters. The zero-order valence-electron chi connectivity index (χ0n) is 12.2. The maximum atomic E-state index is 11.9. The molecule has 0 saturated heterocycles. The molecule has 0 aliphatic carbocycles. The Bertz CT molecular complexity index is 781. The summed E-state index contributed by atoms with van der Waals surface area (Å²) >= 11 is 5.87. The molecule has 0 aliphatic heterocycles. The fourth-order valence-electron chi connectivity index (χ4n) is 1.76. The van der Waals surface area contributed by atoms with Crippen molar-refractivity contribution in [2.24, 2.45) is 0 Å². The average Bonchev–Trinajstić information content (AvgIpc) is 2.59. The average molecular weight is 350 g/mol. The topological polar surface area (TPSA) is 111 Å². The van der Waals surface area contributed by atoms with Crippen LogP contribution in [-0.4, -0.2) is 23.3 Å². The van der Waals surface area contributed by atoms with Crippen molar-refractivity contribution >= 4 is 29.1 Å². The molecule has 0 saturated carbocycles. The Morgan fingerprint density at radius 1 is 1.08 bits per heavy atom. The predicted octanol–water partition coefficient (Wildman–Crippen LogP) is 2.09. The zero-order chi connectivity index (χ0) is 17.5. The number of carbonyl (C=O) groups excluding carboxylic acids is 2. The molecule has 24 heavy (non-hydrogen) atoms. The molecule has 0 fully saturated rings. The van der Waals surface area contributed by atoms with Crippen LogP contribution in [0.25, 0.3) is 0 Å². The maximum Gasteiger partial charge on any atom is 0.282 e. The van der Waals surface area contributed by atoms with Gasteiger partial charge in [-0.1, -0.05) is 35.9 Å². The summed E-state index contributed by atoms with van der Waals surface area (Å²) in [6.07, 6.45) is 0. The highest BCUT2D eigenvalue weighted by molar-refractivity contribution is 6.32. The number of hydrogen-bond donors (Lipinski definition) is 2. The van der Waals surface area contributed by atoms with Gasteiger partial charge in [-0.25, -0.2) is 0 Å². The molecule has 8 nitrogen and oxygen atoms in total. The van der Waals surface area contributed by atoms with E-state index in [1.807, 2.05) is 0 Å². The Hall–Kier alpha value is -3.13. The van der Waals surface area contributed by atoms with E-state index in [1.54, 1.807) is 24.3 Å². The summed E-state index contributed by atoms with van der Waals surface area (Å²) in [6, 6.07) is 12.0. The number of nitro benzene ring substituents is 1. The lowest BCUT2D eigenvalue weighted by atomic mass is 10.2. The largest absolute Gasteiger partial charge is 0.482 e. The van der Waals surface area contributed by atoms with Crippen molar-refractivity contribution in [1.82, 2.24) is 10.9 Å². The number of nitrogens with one attached hydrogen (secondary N) is 2. The van der Waals surface area contributed by atoms with Crippen molar-refractivity contribution in [3.05, 3.63) is 69.2 Å². The number of halogens is 1. The SMILES string of the molecule is O=C(COc1ccccc1Cl)NNC(=O)c1ccccc1[N+](=O)[O-]. The second-order valence-corrected chi connectivity index (χ2v) is 4.90. The van der Waals surface area contributed by atoms with E-state index in [0.29, 0.717) is 10.8 Å². The quantitative estimate of drug-likeness (QED) is 0.634. The molecule has 2 rings (SSSR count). The maximum absolute atomic E-state index is 11.9. The summed E-state index contributed by atoms with van der Waals surface area (Å²) in [6.45, 7) is -0.388. The fourth-order valence-corrected chi connectivity index (χ4v) is 1.95.